The average Bonchev–Trinajstić information content (AvgIpc) is 2.48. The van der Waals surface area contributed by atoms with E-state index in [9.17, 15) is 4.79 Å². The highest BCUT2D eigenvalue weighted by atomic mass is 35.5. The third kappa shape index (κ3) is 3.23. The number of pyridine rings is 1. The molecule has 0 aromatic carbocycles. The molecule has 1 amide bonds. The van der Waals surface area contributed by atoms with Crippen LogP contribution in [0, 0.1) is 5.92 Å². The van der Waals surface area contributed by atoms with Crippen molar-refractivity contribution in [1.29, 1.82) is 0 Å². The Morgan fingerprint density at radius 1 is 1.45 bits per heavy atom. The van der Waals surface area contributed by atoms with Crippen molar-refractivity contribution in [2.45, 2.75) is 45.1 Å². The van der Waals surface area contributed by atoms with Crippen LogP contribution in [0.3, 0.4) is 0 Å². The first-order chi connectivity index (χ1) is 9.52. The second kappa shape index (κ2) is 6.44. The Balaban J connectivity index is 2.07. The molecule has 1 heterocycles. The summed E-state index contributed by atoms with van der Waals surface area (Å²) >= 11 is 6.01. The summed E-state index contributed by atoms with van der Waals surface area (Å²) in [6.07, 6.45) is 7.21. The summed E-state index contributed by atoms with van der Waals surface area (Å²) in [7, 11) is 1.85. The topological polar surface area (TPSA) is 59.2 Å². The van der Waals surface area contributed by atoms with Gasteiger partial charge in [0, 0.05) is 13.1 Å². The van der Waals surface area contributed by atoms with Crippen LogP contribution in [0.1, 0.15) is 49.4 Å². The minimum absolute atomic E-state index is 0.0882. The maximum absolute atomic E-state index is 12.5. The van der Waals surface area contributed by atoms with Gasteiger partial charge in [0.2, 0.25) is 0 Å². The van der Waals surface area contributed by atoms with E-state index in [4.69, 9.17) is 17.3 Å². The van der Waals surface area contributed by atoms with E-state index in [-0.39, 0.29) is 11.1 Å². The molecular formula is C15H22ClN3O. The van der Waals surface area contributed by atoms with E-state index < -0.39 is 0 Å². The van der Waals surface area contributed by atoms with Crippen molar-refractivity contribution >= 4 is 23.2 Å². The number of carbonyl (C=O) groups excluding carboxylic acids is 1. The second-order valence-electron chi connectivity index (χ2n) is 5.61. The van der Waals surface area contributed by atoms with Gasteiger partial charge in [-0.25, -0.2) is 4.98 Å². The molecule has 4 nitrogen and oxygen atoms in total. The predicted molar refractivity (Wildman–Crippen MR) is 81.8 cm³/mol. The van der Waals surface area contributed by atoms with Crippen molar-refractivity contribution < 1.29 is 4.79 Å². The number of hydrogen-bond donors (Lipinski definition) is 1. The van der Waals surface area contributed by atoms with Gasteiger partial charge in [-0.05, 0) is 37.7 Å². The molecule has 0 spiro atoms. The van der Waals surface area contributed by atoms with Gasteiger partial charge in [-0.1, -0.05) is 24.9 Å². The summed E-state index contributed by atoms with van der Waals surface area (Å²) in [5, 5.41) is 0.221. The summed E-state index contributed by atoms with van der Waals surface area (Å²) in [4.78, 5) is 18.3. The van der Waals surface area contributed by atoms with Crippen molar-refractivity contribution in [1.82, 2.24) is 9.88 Å². The van der Waals surface area contributed by atoms with Crippen molar-refractivity contribution in [3.63, 3.8) is 0 Å². The third-order valence-corrected chi connectivity index (χ3v) is 4.65. The highest BCUT2D eigenvalue weighted by Gasteiger charge is 2.27. The molecule has 0 saturated heterocycles. The van der Waals surface area contributed by atoms with Crippen LogP contribution in [0.2, 0.25) is 5.15 Å². The first-order valence-electron chi connectivity index (χ1n) is 7.21. The highest BCUT2D eigenvalue weighted by Crippen LogP contribution is 2.30. The van der Waals surface area contributed by atoms with Gasteiger partial charge in [0.15, 0.2) is 0 Å². The van der Waals surface area contributed by atoms with Gasteiger partial charge in [0.1, 0.15) is 5.15 Å². The zero-order valence-corrected chi connectivity index (χ0v) is 12.9. The number of aromatic nitrogens is 1. The number of nitrogens with two attached hydrogens (primary N) is 1. The summed E-state index contributed by atoms with van der Waals surface area (Å²) in [5.41, 5.74) is 6.54. The second-order valence-corrected chi connectivity index (χ2v) is 5.96. The molecule has 1 aliphatic carbocycles. The Kier molecular flexibility index (Phi) is 4.86. The third-order valence-electron chi connectivity index (χ3n) is 4.35. The van der Waals surface area contributed by atoms with Crippen LogP contribution in [0.5, 0.6) is 0 Å². The smallest absolute Gasteiger partial charge is 0.257 e. The minimum atomic E-state index is -0.0882. The molecule has 1 fully saturated rings. The molecule has 1 aromatic rings. The number of halogens is 1. The van der Waals surface area contributed by atoms with Crippen LogP contribution in [0.25, 0.3) is 0 Å². The van der Waals surface area contributed by atoms with Gasteiger partial charge in [-0.2, -0.15) is 0 Å². The lowest BCUT2D eigenvalue weighted by Gasteiger charge is -2.34. The molecule has 1 aromatic heterocycles. The fraction of sp³-hybridized carbons (Fsp3) is 0.600. The molecule has 110 valence electrons. The Bertz CT molecular complexity index is 484. The van der Waals surface area contributed by atoms with Gasteiger partial charge in [0.25, 0.3) is 5.91 Å². The molecule has 1 aliphatic rings. The fourth-order valence-corrected chi connectivity index (χ4v) is 3.09. The molecule has 0 bridgehead atoms. The normalized spacial score (nSPS) is 22.6. The van der Waals surface area contributed by atoms with Crippen LogP contribution in [0.4, 0.5) is 5.69 Å². The quantitative estimate of drug-likeness (QED) is 0.870. The predicted octanol–water partition coefficient (Wildman–Crippen LogP) is 3.36. The first kappa shape index (κ1) is 15.1. The summed E-state index contributed by atoms with van der Waals surface area (Å²) in [5.74, 6) is 0.724. The zero-order valence-electron chi connectivity index (χ0n) is 12.1. The molecule has 0 aliphatic heterocycles. The van der Waals surface area contributed by atoms with Crippen molar-refractivity contribution in [2.75, 3.05) is 12.8 Å². The van der Waals surface area contributed by atoms with E-state index >= 15 is 0 Å². The lowest BCUT2D eigenvalue weighted by molar-refractivity contribution is 0.0674. The number of amides is 1. The Morgan fingerprint density at radius 3 is 2.70 bits per heavy atom. The molecule has 5 heteroatoms. The van der Waals surface area contributed by atoms with E-state index in [1.807, 2.05) is 7.05 Å². The molecule has 2 rings (SSSR count). The largest absolute Gasteiger partial charge is 0.397 e. The van der Waals surface area contributed by atoms with Gasteiger partial charge in [-0.15, -0.1) is 0 Å². The fourth-order valence-electron chi connectivity index (χ4n) is 2.91. The van der Waals surface area contributed by atoms with E-state index in [1.54, 1.807) is 11.0 Å². The van der Waals surface area contributed by atoms with Crippen molar-refractivity contribution in [3.05, 3.63) is 23.0 Å². The van der Waals surface area contributed by atoms with Crippen LogP contribution < -0.4 is 5.73 Å². The van der Waals surface area contributed by atoms with E-state index in [1.165, 1.54) is 25.5 Å². The number of anilines is 1. The number of carbonyl (C=O) groups is 1. The van der Waals surface area contributed by atoms with E-state index in [0.29, 0.717) is 17.3 Å². The SMILES string of the molecule is CCC1CCC(N(C)C(=O)c2cc(N)cnc2Cl)CC1. The molecule has 0 radical (unpaired) electrons. The van der Waals surface area contributed by atoms with Gasteiger partial charge >= 0.3 is 0 Å². The number of hydrogen-bond acceptors (Lipinski definition) is 3. The number of nitrogens with zero attached hydrogens (tertiary/aromatic N) is 2. The van der Waals surface area contributed by atoms with Gasteiger partial charge in [-0.3, -0.25) is 4.79 Å². The van der Waals surface area contributed by atoms with E-state index in [0.717, 1.165) is 18.8 Å². The molecule has 0 unspecified atom stereocenters. The van der Waals surface area contributed by atoms with Crippen LogP contribution in [-0.2, 0) is 0 Å². The van der Waals surface area contributed by atoms with Crippen LogP contribution in [-0.4, -0.2) is 28.9 Å². The average molecular weight is 296 g/mol. The van der Waals surface area contributed by atoms with Gasteiger partial charge in [0.05, 0.1) is 17.4 Å². The molecule has 0 atom stereocenters. The standard InChI is InChI=1S/C15H22ClN3O/c1-3-10-4-6-12(7-5-10)19(2)15(20)13-8-11(17)9-18-14(13)16/h8-10,12H,3-7,17H2,1-2H3. The molecule has 20 heavy (non-hydrogen) atoms. The van der Waals surface area contributed by atoms with Crippen LogP contribution >= 0.6 is 11.6 Å². The van der Waals surface area contributed by atoms with E-state index in [2.05, 4.69) is 11.9 Å². The molecule has 2 N–H and O–H groups in total. The maximum atomic E-state index is 12.5. The summed E-state index contributed by atoms with van der Waals surface area (Å²) < 4.78 is 0. The first-order valence-corrected chi connectivity index (χ1v) is 7.58. The van der Waals surface area contributed by atoms with Gasteiger partial charge < -0.3 is 10.6 Å². The van der Waals surface area contributed by atoms with Crippen molar-refractivity contribution in [2.24, 2.45) is 5.92 Å². The molecule has 1 saturated carbocycles. The zero-order chi connectivity index (χ0) is 14.7. The number of nitrogen functional groups attached to an aromatic ring is 1. The van der Waals surface area contributed by atoms with Crippen molar-refractivity contribution in [3.8, 4) is 0 Å². The monoisotopic (exact) mass is 295 g/mol. The minimum Gasteiger partial charge on any atom is -0.397 e. The Hall–Kier alpha value is -1.29. The Morgan fingerprint density at radius 2 is 2.10 bits per heavy atom. The summed E-state index contributed by atoms with van der Waals surface area (Å²) in [6, 6.07) is 1.90. The molecular weight excluding hydrogens is 274 g/mol. The van der Waals surface area contributed by atoms with Crippen LogP contribution in [0.15, 0.2) is 12.3 Å². The summed E-state index contributed by atoms with van der Waals surface area (Å²) in [6.45, 7) is 2.23. The lowest BCUT2D eigenvalue weighted by atomic mass is 9.84. The highest BCUT2D eigenvalue weighted by molar-refractivity contribution is 6.32. The lowest BCUT2D eigenvalue weighted by Crippen LogP contribution is -2.39. The Labute approximate surface area is 125 Å². The maximum Gasteiger partial charge on any atom is 0.257 e. The number of rotatable bonds is 3.